The molecule has 0 aliphatic rings. The largest absolute Gasteiger partial charge is 0.287 e. The summed E-state index contributed by atoms with van der Waals surface area (Å²) in [5, 5.41) is 23.9. The van der Waals surface area contributed by atoms with Crippen LogP contribution in [-0.4, -0.2) is 54.5 Å². The van der Waals surface area contributed by atoms with Crippen LogP contribution < -0.4 is 0 Å². The van der Waals surface area contributed by atoms with Crippen LogP contribution in [0.15, 0.2) is 26.0 Å². The SMILES string of the molecule is CSc1nnc(SC(C)=O)s1.CSc1nnc(SSc2nnc(SC)s2)s1. The summed E-state index contributed by atoms with van der Waals surface area (Å²) in [6, 6.07) is 0. The Morgan fingerprint density at radius 1 is 0.630 bits per heavy atom. The predicted molar refractivity (Wildman–Crippen MR) is 123 cm³/mol. The van der Waals surface area contributed by atoms with E-state index >= 15 is 0 Å². The van der Waals surface area contributed by atoms with E-state index < -0.39 is 0 Å². The molecule has 146 valence electrons. The number of aromatic nitrogens is 6. The van der Waals surface area contributed by atoms with Crippen LogP contribution in [0.1, 0.15) is 6.92 Å². The maximum atomic E-state index is 10.6. The Morgan fingerprint density at radius 2 is 0.963 bits per heavy atom. The molecular weight excluding hydrogens is 521 g/mol. The van der Waals surface area contributed by atoms with Gasteiger partial charge in [0.2, 0.25) is 0 Å². The van der Waals surface area contributed by atoms with Crippen LogP contribution in [-0.2, 0) is 4.79 Å². The highest BCUT2D eigenvalue weighted by Gasteiger charge is 2.08. The average molecular weight is 533 g/mol. The minimum absolute atomic E-state index is 0.0498. The van der Waals surface area contributed by atoms with Gasteiger partial charge >= 0.3 is 0 Å². The first kappa shape index (κ1) is 23.7. The molecule has 3 aromatic heterocycles. The molecule has 0 unspecified atom stereocenters. The van der Waals surface area contributed by atoms with Crippen molar-refractivity contribution in [3.05, 3.63) is 0 Å². The van der Waals surface area contributed by atoms with Gasteiger partial charge in [-0.25, -0.2) is 0 Å². The second-order valence-electron chi connectivity index (χ2n) is 3.87. The summed E-state index contributed by atoms with van der Waals surface area (Å²) in [5.74, 6) is 0. The Kier molecular flexibility index (Phi) is 11.3. The Morgan fingerprint density at radius 3 is 1.30 bits per heavy atom. The number of nitrogens with zero attached hydrogens (tertiary/aromatic N) is 6. The molecule has 0 fully saturated rings. The zero-order chi connectivity index (χ0) is 19.6. The molecule has 0 spiro atoms. The van der Waals surface area contributed by atoms with Gasteiger partial charge in [0, 0.05) is 6.92 Å². The highest BCUT2D eigenvalue weighted by molar-refractivity contribution is 8.77. The van der Waals surface area contributed by atoms with Crippen LogP contribution in [0.2, 0.25) is 0 Å². The van der Waals surface area contributed by atoms with E-state index in [1.807, 2.05) is 18.8 Å². The van der Waals surface area contributed by atoms with Gasteiger partial charge < -0.3 is 0 Å². The quantitative estimate of drug-likeness (QED) is 0.282. The fourth-order valence-electron chi connectivity index (χ4n) is 1.14. The molecule has 16 heteroatoms. The highest BCUT2D eigenvalue weighted by atomic mass is 33.1. The molecule has 3 aromatic rings. The standard InChI is InChI=1S/C6H6N4S6.C5H6N2OS3/c1-11-3-7-9-5(13-3)15-16-6-10-8-4(12-2)14-6;1-3(8)10-5-7-6-4(9-2)11-5/h1-2H3;1-2H3. The van der Waals surface area contributed by atoms with E-state index in [4.69, 9.17) is 0 Å². The van der Waals surface area contributed by atoms with Crippen LogP contribution in [0, 0.1) is 0 Å². The second-order valence-corrected chi connectivity index (χ2v) is 14.0. The van der Waals surface area contributed by atoms with Gasteiger partial charge in [0.15, 0.2) is 31.2 Å². The van der Waals surface area contributed by atoms with Gasteiger partial charge in [-0.15, -0.1) is 30.6 Å². The Bertz CT molecular complexity index is 807. The summed E-state index contributed by atoms with van der Waals surface area (Å²) < 4.78 is 5.51. The lowest BCUT2D eigenvalue weighted by molar-refractivity contribution is -0.109. The minimum Gasteiger partial charge on any atom is -0.287 e. The zero-order valence-corrected chi connectivity index (χ0v) is 21.6. The van der Waals surface area contributed by atoms with Crippen LogP contribution in [0.3, 0.4) is 0 Å². The van der Waals surface area contributed by atoms with Crippen molar-refractivity contribution in [3.8, 4) is 0 Å². The molecule has 27 heavy (non-hydrogen) atoms. The van der Waals surface area contributed by atoms with Crippen LogP contribution >= 0.6 is 103 Å². The molecule has 0 aliphatic carbocycles. The third-order valence-corrected chi connectivity index (χ3v) is 11.6. The van der Waals surface area contributed by atoms with Crippen molar-refractivity contribution >= 4 is 108 Å². The van der Waals surface area contributed by atoms with E-state index in [9.17, 15) is 4.79 Å². The van der Waals surface area contributed by atoms with Crippen LogP contribution in [0.25, 0.3) is 0 Å². The van der Waals surface area contributed by atoms with Gasteiger partial charge in [0.05, 0.1) is 0 Å². The summed E-state index contributed by atoms with van der Waals surface area (Å²) in [7, 11) is 3.16. The lowest BCUT2D eigenvalue weighted by Gasteiger charge is -1.88. The van der Waals surface area contributed by atoms with E-state index in [0.29, 0.717) is 0 Å². The predicted octanol–water partition coefficient (Wildman–Crippen LogP) is 5.53. The van der Waals surface area contributed by atoms with Gasteiger partial charge in [0.1, 0.15) is 0 Å². The van der Waals surface area contributed by atoms with Crippen molar-refractivity contribution in [1.82, 2.24) is 30.6 Å². The van der Waals surface area contributed by atoms with Crippen molar-refractivity contribution in [3.63, 3.8) is 0 Å². The fourth-order valence-corrected chi connectivity index (χ4v) is 8.60. The number of thioether (sulfide) groups is 4. The number of carbonyl (C=O) groups excluding carboxylic acids is 1. The molecule has 7 nitrogen and oxygen atoms in total. The molecule has 0 radical (unpaired) electrons. The number of hydrogen-bond acceptors (Lipinski definition) is 16. The Hall–Kier alpha value is 0.450. The van der Waals surface area contributed by atoms with Crippen molar-refractivity contribution in [2.45, 2.75) is 33.0 Å². The maximum absolute atomic E-state index is 10.6. The van der Waals surface area contributed by atoms with E-state index in [1.165, 1.54) is 30.0 Å². The van der Waals surface area contributed by atoms with Gasteiger partial charge in [-0.2, -0.15) is 0 Å². The Labute approximate surface area is 193 Å². The lowest BCUT2D eigenvalue weighted by Crippen LogP contribution is -1.79. The smallest absolute Gasteiger partial charge is 0.192 e. The highest BCUT2D eigenvalue weighted by Crippen LogP contribution is 2.41. The number of hydrogen-bond donors (Lipinski definition) is 0. The molecule has 0 aliphatic heterocycles. The molecule has 0 aromatic carbocycles. The van der Waals surface area contributed by atoms with Crippen LogP contribution in [0.5, 0.6) is 0 Å². The molecule has 0 N–H and O–H groups in total. The monoisotopic (exact) mass is 532 g/mol. The van der Waals surface area contributed by atoms with E-state index in [-0.39, 0.29) is 5.12 Å². The summed E-state index contributed by atoms with van der Waals surface area (Å²) in [4.78, 5) is 10.6. The van der Waals surface area contributed by atoms with Crippen molar-refractivity contribution < 1.29 is 4.79 Å². The first-order valence-electron chi connectivity index (χ1n) is 6.69. The minimum atomic E-state index is 0.0498. The lowest BCUT2D eigenvalue weighted by atomic mass is 10.9. The molecular formula is C11H12N6OS9. The van der Waals surface area contributed by atoms with Crippen molar-refractivity contribution in [2.24, 2.45) is 0 Å². The van der Waals surface area contributed by atoms with Gasteiger partial charge in [-0.1, -0.05) is 69.3 Å². The van der Waals surface area contributed by atoms with Gasteiger partial charge in [-0.3, -0.25) is 4.79 Å². The normalized spacial score (nSPS) is 10.5. The second kappa shape index (κ2) is 12.9. The molecule has 0 atom stereocenters. The van der Waals surface area contributed by atoms with Crippen LogP contribution in [0.4, 0.5) is 0 Å². The van der Waals surface area contributed by atoms with Gasteiger partial charge in [-0.05, 0) is 52.1 Å². The Balaban J connectivity index is 0.000000208. The summed E-state index contributed by atoms with van der Waals surface area (Å²) in [6.45, 7) is 1.52. The molecule has 0 bridgehead atoms. The maximum Gasteiger partial charge on any atom is 0.192 e. The van der Waals surface area contributed by atoms with Gasteiger partial charge in [0.25, 0.3) is 0 Å². The summed E-state index contributed by atoms with van der Waals surface area (Å²) in [6.07, 6.45) is 5.93. The molecule has 0 saturated carbocycles. The summed E-state index contributed by atoms with van der Waals surface area (Å²) >= 11 is 10.5. The van der Waals surface area contributed by atoms with E-state index in [0.717, 1.165) is 37.8 Å². The molecule has 0 saturated heterocycles. The topological polar surface area (TPSA) is 94.4 Å². The first-order valence-corrected chi connectivity index (χ1v) is 15.8. The van der Waals surface area contributed by atoms with Crippen molar-refractivity contribution in [2.75, 3.05) is 18.8 Å². The molecule has 3 rings (SSSR count). The molecule has 0 amide bonds. The van der Waals surface area contributed by atoms with Crippen molar-refractivity contribution in [1.29, 1.82) is 0 Å². The number of carbonyl (C=O) groups is 1. The average Bonchev–Trinajstić information content (AvgIpc) is 3.40. The van der Waals surface area contributed by atoms with E-state index in [2.05, 4.69) is 30.6 Å². The summed E-state index contributed by atoms with van der Waals surface area (Å²) in [5.41, 5.74) is 0. The third kappa shape index (κ3) is 8.77. The zero-order valence-electron chi connectivity index (χ0n) is 14.3. The van der Waals surface area contributed by atoms with E-state index in [1.54, 1.807) is 67.8 Å². The fraction of sp³-hybridized carbons (Fsp3) is 0.364. The third-order valence-electron chi connectivity index (χ3n) is 2.10. The molecule has 3 heterocycles. The first-order chi connectivity index (χ1) is 13.0. The number of rotatable bonds is 7.